The Labute approximate surface area is 98.9 Å². The number of hydrogen-bond donors (Lipinski definition) is 1. The predicted molar refractivity (Wildman–Crippen MR) is 64.1 cm³/mol. The average molecular weight is 230 g/mol. The fraction of sp³-hybridized carbons (Fsp3) is 0.385. The second-order valence-corrected chi connectivity index (χ2v) is 4.69. The first kappa shape index (κ1) is 10.3. The highest BCUT2D eigenvalue weighted by molar-refractivity contribution is 6.01. The minimum absolute atomic E-state index is 0.160. The second kappa shape index (κ2) is 3.58. The van der Waals surface area contributed by atoms with E-state index >= 15 is 0 Å². The van der Waals surface area contributed by atoms with Gasteiger partial charge in [-0.15, -0.1) is 0 Å². The summed E-state index contributed by atoms with van der Waals surface area (Å²) in [4.78, 5) is 11.2. The molecule has 4 nitrogen and oxygen atoms in total. The van der Waals surface area contributed by atoms with Crippen molar-refractivity contribution in [1.29, 1.82) is 0 Å². The summed E-state index contributed by atoms with van der Waals surface area (Å²) in [5.41, 5.74) is 1.08. The van der Waals surface area contributed by atoms with Crippen LogP contribution in [0.4, 0.5) is 0 Å². The topological polar surface area (TPSA) is 55.1 Å². The molecule has 1 aromatic carbocycles. The summed E-state index contributed by atoms with van der Waals surface area (Å²) < 4.78 is 1.87. The van der Waals surface area contributed by atoms with Gasteiger partial charge in [-0.1, -0.05) is 18.2 Å². The fourth-order valence-corrected chi connectivity index (χ4v) is 2.34. The molecule has 1 aliphatic rings. The number of hydrogen-bond acceptors (Lipinski definition) is 2. The molecule has 0 spiro atoms. The molecule has 1 heterocycles. The van der Waals surface area contributed by atoms with Gasteiger partial charge in [0.2, 0.25) is 0 Å². The van der Waals surface area contributed by atoms with Gasteiger partial charge in [0.05, 0.1) is 11.6 Å². The second-order valence-electron chi connectivity index (χ2n) is 4.69. The van der Waals surface area contributed by atoms with Crippen molar-refractivity contribution < 1.29 is 9.90 Å². The number of carbonyl (C=O) groups is 1. The summed E-state index contributed by atoms with van der Waals surface area (Å²) in [5.74, 6) is -0.303. The molecular weight excluding hydrogens is 216 g/mol. The van der Waals surface area contributed by atoms with Gasteiger partial charge in [0, 0.05) is 5.39 Å². The van der Waals surface area contributed by atoms with E-state index in [0.29, 0.717) is 5.92 Å². The molecule has 1 atom stereocenters. The van der Waals surface area contributed by atoms with E-state index < -0.39 is 5.97 Å². The summed E-state index contributed by atoms with van der Waals surface area (Å²) in [5, 5.41) is 14.2. The molecule has 2 aromatic rings. The SMILES string of the molecule is CC(C1CC1)n1nc(C(=O)O)c2ccccc21. The number of aromatic carboxylic acids is 1. The summed E-state index contributed by atoms with van der Waals surface area (Å²) in [6, 6.07) is 7.82. The molecule has 4 heteroatoms. The van der Waals surface area contributed by atoms with E-state index in [1.165, 1.54) is 12.8 Å². The van der Waals surface area contributed by atoms with Gasteiger partial charge >= 0.3 is 5.97 Å². The van der Waals surface area contributed by atoms with E-state index in [4.69, 9.17) is 5.11 Å². The molecule has 3 rings (SSSR count). The van der Waals surface area contributed by atoms with Crippen molar-refractivity contribution in [3.8, 4) is 0 Å². The number of benzene rings is 1. The van der Waals surface area contributed by atoms with E-state index in [1.807, 2.05) is 28.9 Å². The van der Waals surface area contributed by atoms with Crippen LogP contribution in [0.5, 0.6) is 0 Å². The Morgan fingerprint density at radius 1 is 1.47 bits per heavy atom. The third-order valence-corrected chi connectivity index (χ3v) is 3.51. The van der Waals surface area contributed by atoms with Gasteiger partial charge in [-0.3, -0.25) is 4.68 Å². The third-order valence-electron chi connectivity index (χ3n) is 3.51. The monoisotopic (exact) mass is 230 g/mol. The Kier molecular flexibility index (Phi) is 2.18. The zero-order valence-electron chi connectivity index (χ0n) is 9.63. The molecule has 0 saturated heterocycles. The minimum Gasteiger partial charge on any atom is -0.476 e. The van der Waals surface area contributed by atoms with E-state index in [2.05, 4.69) is 12.0 Å². The van der Waals surface area contributed by atoms with Crippen molar-refractivity contribution in [2.24, 2.45) is 5.92 Å². The largest absolute Gasteiger partial charge is 0.476 e. The number of aromatic nitrogens is 2. The van der Waals surface area contributed by atoms with Gasteiger partial charge in [-0.2, -0.15) is 5.10 Å². The first-order chi connectivity index (χ1) is 8.18. The van der Waals surface area contributed by atoms with E-state index in [1.54, 1.807) is 0 Å². The molecular formula is C13H14N2O2. The molecule has 1 aromatic heterocycles. The maximum Gasteiger partial charge on any atom is 0.357 e. The average Bonchev–Trinajstić information content (AvgIpc) is 3.08. The van der Waals surface area contributed by atoms with Crippen LogP contribution >= 0.6 is 0 Å². The lowest BCUT2D eigenvalue weighted by Gasteiger charge is -2.11. The predicted octanol–water partition coefficient (Wildman–Crippen LogP) is 2.71. The van der Waals surface area contributed by atoms with Crippen LogP contribution in [0.25, 0.3) is 10.9 Å². The zero-order chi connectivity index (χ0) is 12.0. The zero-order valence-corrected chi connectivity index (χ0v) is 9.63. The lowest BCUT2D eigenvalue weighted by atomic mass is 10.2. The van der Waals surface area contributed by atoms with Gasteiger partial charge in [-0.05, 0) is 31.7 Å². The van der Waals surface area contributed by atoms with Gasteiger partial charge in [-0.25, -0.2) is 4.79 Å². The van der Waals surface area contributed by atoms with Crippen LogP contribution in [0.15, 0.2) is 24.3 Å². The maximum absolute atomic E-state index is 11.2. The Balaban J connectivity index is 2.20. The molecule has 1 fully saturated rings. The quantitative estimate of drug-likeness (QED) is 0.882. The molecule has 1 unspecified atom stereocenters. The first-order valence-corrected chi connectivity index (χ1v) is 5.89. The van der Waals surface area contributed by atoms with Crippen molar-refractivity contribution >= 4 is 16.9 Å². The Bertz CT molecular complexity index is 584. The van der Waals surface area contributed by atoms with Crippen LogP contribution in [0.2, 0.25) is 0 Å². The summed E-state index contributed by atoms with van der Waals surface area (Å²) >= 11 is 0. The fourth-order valence-electron chi connectivity index (χ4n) is 2.34. The normalized spacial score (nSPS) is 17.2. The van der Waals surface area contributed by atoms with Crippen LogP contribution in [0.1, 0.15) is 36.3 Å². The van der Waals surface area contributed by atoms with E-state index in [-0.39, 0.29) is 11.7 Å². The summed E-state index contributed by atoms with van der Waals surface area (Å²) in [6.45, 7) is 2.11. The number of para-hydroxylation sites is 1. The third kappa shape index (κ3) is 1.60. The summed E-state index contributed by atoms with van der Waals surface area (Å²) in [7, 11) is 0. The summed E-state index contributed by atoms with van der Waals surface area (Å²) in [6.07, 6.45) is 2.44. The van der Waals surface area contributed by atoms with Crippen molar-refractivity contribution in [3.63, 3.8) is 0 Å². The van der Waals surface area contributed by atoms with Crippen molar-refractivity contribution in [2.75, 3.05) is 0 Å². The van der Waals surface area contributed by atoms with Crippen LogP contribution in [-0.4, -0.2) is 20.9 Å². The minimum atomic E-state index is -0.956. The molecule has 1 N–H and O–H groups in total. The number of rotatable bonds is 3. The molecule has 1 saturated carbocycles. The van der Waals surface area contributed by atoms with E-state index in [0.717, 1.165) is 10.9 Å². The molecule has 0 aliphatic heterocycles. The van der Waals surface area contributed by atoms with Crippen LogP contribution < -0.4 is 0 Å². The number of nitrogens with zero attached hydrogens (tertiary/aromatic N) is 2. The molecule has 0 amide bonds. The Morgan fingerprint density at radius 2 is 2.18 bits per heavy atom. The van der Waals surface area contributed by atoms with Crippen molar-refractivity contribution in [1.82, 2.24) is 9.78 Å². The molecule has 17 heavy (non-hydrogen) atoms. The van der Waals surface area contributed by atoms with Crippen LogP contribution in [0, 0.1) is 5.92 Å². The highest BCUT2D eigenvalue weighted by atomic mass is 16.4. The number of fused-ring (bicyclic) bond motifs is 1. The van der Waals surface area contributed by atoms with Crippen LogP contribution in [0.3, 0.4) is 0 Å². The maximum atomic E-state index is 11.2. The molecule has 88 valence electrons. The highest BCUT2D eigenvalue weighted by Crippen LogP contribution is 2.40. The van der Waals surface area contributed by atoms with Crippen molar-refractivity contribution in [2.45, 2.75) is 25.8 Å². The van der Waals surface area contributed by atoms with Gasteiger partial charge in [0.1, 0.15) is 0 Å². The van der Waals surface area contributed by atoms with Gasteiger partial charge < -0.3 is 5.11 Å². The lowest BCUT2D eigenvalue weighted by Crippen LogP contribution is -2.10. The Hall–Kier alpha value is -1.84. The van der Waals surface area contributed by atoms with Crippen molar-refractivity contribution in [3.05, 3.63) is 30.0 Å². The Morgan fingerprint density at radius 3 is 2.82 bits per heavy atom. The van der Waals surface area contributed by atoms with Gasteiger partial charge in [0.15, 0.2) is 5.69 Å². The number of carboxylic acid groups (broad SMARTS) is 1. The first-order valence-electron chi connectivity index (χ1n) is 5.89. The van der Waals surface area contributed by atoms with Crippen LogP contribution in [-0.2, 0) is 0 Å². The van der Waals surface area contributed by atoms with E-state index in [9.17, 15) is 4.79 Å². The van der Waals surface area contributed by atoms with Gasteiger partial charge in [0.25, 0.3) is 0 Å². The molecule has 0 bridgehead atoms. The lowest BCUT2D eigenvalue weighted by molar-refractivity contribution is 0.0691. The standard InChI is InChI=1S/C13H14N2O2/c1-8(9-6-7-9)15-11-5-3-2-4-10(11)12(14-15)13(16)17/h2-5,8-9H,6-7H2,1H3,(H,16,17). The smallest absolute Gasteiger partial charge is 0.357 e. The highest BCUT2D eigenvalue weighted by Gasteiger charge is 2.31. The molecule has 1 aliphatic carbocycles. The number of carboxylic acids is 1. The molecule has 0 radical (unpaired) electrons.